The molecule has 0 saturated carbocycles. The van der Waals surface area contributed by atoms with E-state index in [0.29, 0.717) is 6.61 Å². The number of anilines is 1. The molecule has 0 unspecified atom stereocenters. The lowest BCUT2D eigenvalue weighted by molar-refractivity contribution is -0.383. The summed E-state index contributed by atoms with van der Waals surface area (Å²) in [5.41, 5.74) is 0.861. The van der Waals surface area contributed by atoms with Crippen LogP contribution < -0.4 is 10.1 Å². The summed E-state index contributed by atoms with van der Waals surface area (Å²) < 4.78 is 5.57. The Morgan fingerprint density at radius 1 is 1.20 bits per heavy atom. The van der Waals surface area contributed by atoms with Crippen LogP contribution in [-0.4, -0.2) is 17.4 Å². The predicted molar refractivity (Wildman–Crippen MR) is 97.6 cm³/mol. The second-order valence-electron chi connectivity index (χ2n) is 5.37. The first-order chi connectivity index (χ1) is 12.1. The summed E-state index contributed by atoms with van der Waals surface area (Å²) in [6.07, 6.45) is 5.06. The molecule has 0 spiro atoms. The summed E-state index contributed by atoms with van der Waals surface area (Å²) in [7, 11) is 0. The molecule has 0 atom stereocenters. The van der Waals surface area contributed by atoms with Crippen molar-refractivity contribution >= 4 is 23.4 Å². The highest BCUT2D eigenvalue weighted by Crippen LogP contribution is 2.23. The first-order valence-electron chi connectivity index (χ1n) is 8.05. The van der Waals surface area contributed by atoms with Crippen LogP contribution in [0, 0.1) is 10.1 Å². The molecule has 25 heavy (non-hydrogen) atoms. The van der Waals surface area contributed by atoms with Crippen molar-refractivity contribution in [2.45, 2.75) is 19.8 Å². The molecule has 0 aliphatic heterocycles. The topological polar surface area (TPSA) is 81.5 Å². The minimum Gasteiger partial charge on any atom is -0.494 e. The molecule has 0 radical (unpaired) electrons. The molecule has 0 heterocycles. The van der Waals surface area contributed by atoms with Gasteiger partial charge in [-0.25, -0.2) is 0 Å². The molecule has 0 fully saturated rings. The average Bonchev–Trinajstić information content (AvgIpc) is 2.61. The summed E-state index contributed by atoms with van der Waals surface area (Å²) in [4.78, 5) is 22.4. The van der Waals surface area contributed by atoms with Gasteiger partial charge in [0.1, 0.15) is 11.4 Å². The van der Waals surface area contributed by atoms with E-state index in [9.17, 15) is 14.9 Å². The fourth-order valence-corrected chi connectivity index (χ4v) is 2.09. The monoisotopic (exact) mass is 340 g/mol. The Balaban J connectivity index is 1.95. The summed E-state index contributed by atoms with van der Waals surface area (Å²) in [6, 6.07) is 13.4. The SMILES string of the molecule is CCCCOc1ccc(/C=C/C(=O)Nc2ccccc2[N+](=O)[O-])cc1. The van der Waals surface area contributed by atoms with Gasteiger partial charge in [-0.05, 0) is 36.3 Å². The molecule has 0 bridgehead atoms. The smallest absolute Gasteiger partial charge is 0.292 e. The van der Waals surface area contributed by atoms with Gasteiger partial charge in [0, 0.05) is 12.1 Å². The quantitative estimate of drug-likeness (QED) is 0.334. The Hall–Kier alpha value is -3.15. The van der Waals surface area contributed by atoms with Crippen molar-refractivity contribution in [1.29, 1.82) is 0 Å². The van der Waals surface area contributed by atoms with Crippen molar-refractivity contribution in [2.24, 2.45) is 0 Å². The van der Waals surface area contributed by atoms with Crippen molar-refractivity contribution in [1.82, 2.24) is 0 Å². The normalized spacial score (nSPS) is 10.6. The number of unbranched alkanes of at least 4 members (excludes halogenated alkanes) is 1. The third kappa shape index (κ3) is 5.76. The van der Waals surface area contributed by atoms with Gasteiger partial charge < -0.3 is 10.1 Å². The first-order valence-corrected chi connectivity index (χ1v) is 8.05. The van der Waals surface area contributed by atoms with Gasteiger partial charge >= 0.3 is 0 Å². The van der Waals surface area contributed by atoms with Gasteiger partial charge in [0.15, 0.2) is 0 Å². The molecule has 2 aromatic carbocycles. The van der Waals surface area contributed by atoms with E-state index in [-0.39, 0.29) is 11.4 Å². The molecule has 6 nitrogen and oxygen atoms in total. The van der Waals surface area contributed by atoms with Crippen molar-refractivity contribution in [2.75, 3.05) is 11.9 Å². The molecule has 0 saturated heterocycles. The highest BCUT2D eigenvalue weighted by molar-refractivity contribution is 6.03. The van der Waals surface area contributed by atoms with Gasteiger partial charge in [0.25, 0.3) is 5.69 Å². The number of carbonyl (C=O) groups is 1. The second-order valence-corrected chi connectivity index (χ2v) is 5.37. The number of hydrogen-bond acceptors (Lipinski definition) is 4. The molecule has 0 aliphatic rings. The van der Waals surface area contributed by atoms with E-state index in [2.05, 4.69) is 12.2 Å². The Labute approximate surface area is 146 Å². The second kappa shape index (κ2) is 9.22. The van der Waals surface area contributed by atoms with Gasteiger partial charge in [-0.3, -0.25) is 14.9 Å². The summed E-state index contributed by atoms with van der Waals surface area (Å²) >= 11 is 0. The number of nitrogens with zero attached hydrogens (tertiary/aromatic N) is 1. The largest absolute Gasteiger partial charge is 0.494 e. The molecule has 6 heteroatoms. The number of ether oxygens (including phenoxy) is 1. The van der Waals surface area contributed by atoms with Crippen LogP contribution >= 0.6 is 0 Å². The summed E-state index contributed by atoms with van der Waals surface area (Å²) in [6.45, 7) is 2.79. The van der Waals surface area contributed by atoms with Crippen LogP contribution in [-0.2, 0) is 4.79 Å². The molecule has 2 aromatic rings. The number of amides is 1. The molecule has 1 amide bonds. The standard InChI is InChI=1S/C19H20N2O4/c1-2-3-14-25-16-11-8-15(9-12-16)10-13-19(22)20-17-6-4-5-7-18(17)21(23)24/h4-13H,2-3,14H2,1H3,(H,20,22)/b13-10+. The minimum absolute atomic E-state index is 0.141. The number of para-hydroxylation sites is 2. The number of nitro groups is 1. The van der Waals surface area contributed by atoms with E-state index < -0.39 is 10.8 Å². The third-order valence-electron chi connectivity index (χ3n) is 3.43. The van der Waals surface area contributed by atoms with Crippen molar-refractivity contribution in [3.63, 3.8) is 0 Å². The number of nitrogens with one attached hydrogen (secondary N) is 1. The fourth-order valence-electron chi connectivity index (χ4n) is 2.09. The lowest BCUT2D eigenvalue weighted by atomic mass is 10.2. The third-order valence-corrected chi connectivity index (χ3v) is 3.43. The molecule has 0 aliphatic carbocycles. The highest BCUT2D eigenvalue weighted by Gasteiger charge is 2.13. The predicted octanol–water partition coefficient (Wildman–Crippen LogP) is 4.43. The molecular formula is C19H20N2O4. The molecule has 0 aromatic heterocycles. The summed E-state index contributed by atoms with van der Waals surface area (Å²) in [5, 5.41) is 13.4. The molecule has 130 valence electrons. The van der Waals surface area contributed by atoms with Crippen LogP contribution in [0.15, 0.2) is 54.6 Å². The van der Waals surface area contributed by atoms with Gasteiger partial charge in [0.2, 0.25) is 5.91 Å². The summed E-state index contributed by atoms with van der Waals surface area (Å²) in [5.74, 6) is 0.354. The van der Waals surface area contributed by atoms with E-state index in [0.717, 1.165) is 24.2 Å². The number of rotatable bonds is 8. The molecule has 1 N–H and O–H groups in total. The Morgan fingerprint density at radius 3 is 2.60 bits per heavy atom. The zero-order valence-corrected chi connectivity index (χ0v) is 14.0. The maximum Gasteiger partial charge on any atom is 0.292 e. The van der Waals surface area contributed by atoms with E-state index in [1.165, 1.54) is 18.2 Å². The van der Waals surface area contributed by atoms with E-state index in [1.54, 1.807) is 18.2 Å². The van der Waals surface area contributed by atoms with E-state index in [4.69, 9.17) is 4.74 Å². The Morgan fingerprint density at radius 2 is 1.92 bits per heavy atom. The van der Waals surface area contributed by atoms with Crippen molar-refractivity contribution < 1.29 is 14.5 Å². The van der Waals surface area contributed by atoms with Gasteiger partial charge in [-0.2, -0.15) is 0 Å². The van der Waals surface area contributed by atoms with Crippen LogP contribution in [0.2, 0.25) is 0 Å². The maximum atomic E-state index is 12.0. The lowest BCUT2D eigenvalue weighted by Gasteiger charge is -2.05. The van der Waals surface area contributed by atoms with Crippen LogP contribution in [0.1, 0.15) is 25.3 Å². The highest BCUT2D eigenvalue weighted by atomic mass is 16.6. The lowest BCUT2D eigenvalue weighted by Crippen LogP contribution is -2.09. The Bertz CT molecular complexity index is 754. The Kier molecular flexibility index (Phi) is 6.71. The number of hydrogen-bond donors (Lipinski definition) is 1. The zero-order chi connectivity index (χ0) is 18.1. The van der Waals surface area contributed by atoms with Crippen molar-refractivity contribution in [3.8, 4) is 5.75 Å². The van der Waals surface area contributed by atoms with Crippen molar-refractivity contribution in [3.05, 3.63) is 70.3 Å². The zero-order valence-electron chi connectivity index (χ0n) is 14.0. The van der Waals surface area contributed by atoms with Crippen LogP contribution in [0.5, 0.6) is 5.75 Å². The van der Waals surface area contributed by atoms with Crippen LogP contribution in [0.25, 0.3) is 6.08 Å². The average molecular weight is 340 g/mol. The number of benzene rings is 2. The van der Waals surface area contributed by atoms with E-state index in [1.807, 2.05) is 24.3 Å². The van der Waals surface area contributed by atoms with E-state index >= 15 is 0 Å². The van der Waals surface area contributed by atoms with Crippen LogP contribution in [0.4, 0.5) is 11.4 Å². The molecular weight excluding hydrogens is 320 g/mol. The van der Waals surface area contributed by atoms with Crippen LogP contribution in [0.3, 0.4) is 0 Å². The van der Waals surface area contributed by atoms with Gasteiger partial charge in [0.05, 0.1) is 11.5 Å². The first kappa shape index (κ1) is 18.2. The maximum absolute atomic E-state index is 12.0. The minimum atomic E-state index is -0.531. The fraction of sp³-hybridized carbons (Fsp3) is 0.211. The number of nitro benzene ring substituents is 1. The molecule has 2 rings (SSSR count). The van der Waals surface area contributed by atoms with Gasteiger partial charge in [-0.15, -0.1) is 0 Å². The number of carbonyl (C=O) groups excluding carboxylic acids is 1. The van der Waals surface area contributed by atoms with Gasteiger partial charge in [-0.1, -0.05) is 37.6 Å².